The van der Waals surface area contributed by atoms with Crippen LogP contribution in [0.1, 0.15) is 45.4 Å². The molecule has 1 heterocycles. The summed E-state index contributed by atoms with van der Waals surface area (Å²) < 4.78 is 0. The molecule has 2 unspecified atom stereocenters. The summed E-state index contributed by atoms with van der Waals surface area (Å²) in [5.74, 6) is 0.969. The van der Waals surface area contributed by atoms with Gasteiger partial charge in [-0.1, -0.05) is 19.8 Å². The second kappa shape index (κ2) is 3.78. The predicted octanol–water partition coefficient (Wildman–Crippen LogP) is 2.66. The van der Waals surface area contributed by atoms with E-state index >= 15 is 0 Å². The highest BCUT2D eigenvalue weighted by Gasteiger charge is 2.28. The second-order valence-electron chi connectivity index (χ2n) is 4.57. The summed E-state index contributed by atoms with van der Waals surface area (Å²) in [6.07, 6.45) is 8.80. The summed E-state index contributed by atoms with van der Waals surface area (Å²) in [5, 5.41) is 0. The van der Waals surface area contributed by atoms with Crippen molar-refractivity contribution in [3.63, 3.8) is 0 Å². The Kier molecular flexibility index (Phi) is 2.69. The van der Waals surface area contributed by atoms with E-state index in [1.165, 1.54) is 51.6 Å². The fourth-order valence-electron chi connectivity index (χ4n) is 2.91. The van der Waals surface area contributed by atoms with Gasteiger partial charge < -0.3 is 4.90 Å². The van der Waals surface area contributed by atoms with Crippen LogP contribution in [0.25, 0.3) is 0 Å². The van der Waals surface area contributed by atoms with Crippen LogP contribution in [0.5, 0.6) is 0 Å². The van der Waals surface area contributed by atoms with Gasteiger partial charge in [-0.05, 0) is 44.7 Å². The standard InChI is InChI=1S/C11H21N/c1-10-6-2-3-7-11(10)12-8-4-5-9-12/h10-11H,2-9H2,1H3. The SMILES string of the molecule is CC1CCCCC1N1CCCC1. The molecule has 0 aromatic heterocycles. The Labute approximate surface area is 76.1 Å². The Bertz CT molecular complexity index is 138. The van der Waals surface area contributed by atoms with Crippen molar-refractivity contribution in [1.29, 1.82) is 0 Å². The number of nitrogens with zero attached hydrogens (tertiary/aromatic N) is 1. The Morgan fingerprint density at radius 2 is 1.58 bits per heavy atom. The minimum atomic E-state index is 0.946. The molecule has 0 aromatic carbocycles. The summed E-state index contributed by atoms with van der Waals surface area (Å²) in [6.45, 7) is 5.21. The monoisotopic (exact) mass is 167 g/mol. The largest absolute Gasteiger partial charge is 0.300 e. The van der Waals surface area contributed by atoms with Crippen LogP contribution >= 0.6 is 0 Å². The third kappa shape index (κ3) is 1.66. The summed E-state index contributed by atoms with van der Waals surface area (Å²) in [6, 6.07) is 0.946. The lowest BCUT2D eigenvalue weighted by Gasteiger charge is -2.36. The lowest BCUT2D eigenvalue weighted by Crippen LogP contribution is -2.39. The van der Waals surface area contributed by atoms with Crippen LogP contribution < -0.4 is 0 Å². The van der Waals surface area contributed by atoms with Crippen molar-refractivity contribution in [3.8, 4) is 0 Å². The highest BCUT2D eigenvalue weighted by Crippen LogP contribution is 2.29. The minimum absolute atomic E-state index is 0.946. The van der Waals surface area contributed by atoms with Crippen LogP contribution in [0.3, 0.4) is 0 Å². The molecule has 0 spiro atoms. The smallest absolute Gasteiger partial charge is 0.0121 e. The van der Waals surface area contributed by atoms with Crippen LogP contribution in [0, 0.1) is 5.92 Å². The zero-order valence-corrected chi connectivity index (χ0v) is 8.26. The van der Waals surface area contributed by atoms with Gasteiger partial charge in [0, 0.05) is 6.04 Å². The topological polar surface area (TPSA) is 3.24 Å². The first-order chi connectivity index (χ1) is 5.88. The molecule has 1 saturated heterocycles. The van der Waals surface area contributed by atoms with Crippen molar-refractivity contribution in [1.82, 2.24) is 4.90 Å². The maximum Gasteiger partial charge on any atom is 0.0121 e. The average Bonchev–Trinajstić information content (AvgIpc) is 2.57. The van der Waals surface area contributed by atoms with Crippen LogP contribution in [0.4, 0.5) is 0 Å². The number of rotatable bonds is 1. The lowest BCUT2D eigenvalue weighted by molar-refractivity contribution is 0.138. The molecule has 1 heteroatoms. The molecule has 0 aromatic rings. The van der Waals surface area contributed by atoms with Crippen molar-refractivity contribution in [2.45, 2.75) is 51.5 Å². The third-order valence-corrected chi connectivity index (χ3v) is 3.68. The quantitative estimate of drug-likeness (QED) is 0.580. The normalized spacial score (nSPS) is 38.8. The summed E-state index contributed by atoms with van der Waals surface area (Å²) in [7, 11) is 0. The molecule has 2 fully saturated rings. The molecule has 1 aliphatic heterocycles. The van der Waals surface area contributed by atoms with Gasteiger partial charge in [-0.15, -0.1) is 0 Å². The molecular formula is C11H21N. The molecule has 12 heavy (non-hydrogen) atoms. The molecule has 0 amide bonds. The number of hydrogen-bond acceptors (Lipinski definition) is 1. The molecule has 2 atom stereocenters. The Morgan fingerprint density at radius 1 is 0.917 bits per heavy atom. The molecule has 1 saturated carbocycles. The third-order valence-electron chi connectivity index (χ3n) is 3.68. The van der Waals surface area contributed by atoms with Gasteiger partial charge in [0.05, 0.1) is 0 Å². The number of hydrogen-bond donors (Lipinski definition) is 0. The molecule has 0 N–H and O–H groups in total. The highest BCUT2D eigenvalue weighted by molar-refractivity contribution is 4.83. The van der Waals surface area contributed by atoms with E-state index in [-0.39, 0.29) is 0 Å². The van der Waals surface area contributed by atoms with Crippen LogP contribution in [0.2, 0.25) is 0 Å². The highest BCUT2D eigenvalue weighted by atomic mass is 15.2. The lowest BCUT2D eigenvalue weighted by atomic mass is 9.85. The first-order valence-electron chi connectivity index (χ1n) is 5.62. The van der Waals surface area contributed by atoms with Gasteiger partial charge in [-0.3, -0.25) is 0 Å². The second-order valence-corrected chi connectivity index (χ2v) is 4.57. The Hall–Kier alpha value is -0.0400. The van der Waals surface area contributed by atoms with Gasteiger partial charge in [0.2, 0.25) is 0 Å². The summed E-state index contributed by atoms with van der Waals surface area (Å²) in [5.41, 5.74) is 0. The first kappa shape index (κ1) is 8.55. The number of likely N-dealkylation sites (tertiary alicyclic amines) is 1. The van der Waals surface area contributed by atoms with Crippen molar-refractivity contribution in [2.24, 2.45) is 5.92 Å². The molecule has 1 nitrogen and oxygen atoms in total. The van der Waals surface area contributed by atoms with E-state index < -0.39 is 0 Å². The average molecular weight is 167 g/mol. The van der Waals surface area contributed by atoms with Gasteiger partial charge >= 0.3 is 0 Å². The summed E-state index contributed by atoms with van der Waals surface area (Å²) in [4.78, 5) is 2.74. The Morgan fingerprint density at radius 3 is 2.25 bits per heavy atom. The van der Waals surface area contributed by atoms with Crippen molar-refractivity contribution in [2.75, 3.05) is 13.1 Å². The maximum absolute atomic E-state index is 2.74. The van der Waals surface area contributed by atoms with E-state index in [0.29, 0.717) is 0 Å². The van der Waals surface area contributed by atoms with E-state index in [1.54, 1.807) is 0 Å². The minimum Gasteiger partial charge on any atom is -0.300 e. The van der Waals surface area contributed by atoms with Crippen molar-refractivity contribution in [3.05, 3.63) is 0 Å². The van der Waals surface area contributed by atoms with E-state index in [1.807, 2.05) is 0 Å². The zero-order chi connectivity index (χ0) is 8.39. The van der Waals surface area contributed by atoms with E-state index in [0.717, 1.165) is 12.0 Å². The summed E-state index contributed by atoms with van der Waals surface area (Å²) >= 11 is 0. The van der Waals surface area contributed by atoms with Crippen LogP contribution in [-0.4, -0.2) is 24.0 Å². The maximum atomic E-state index is 2.74. The Balaban J connectivity index is 1.91. The van der Waals surface area contributed by atoms with Crippen molar-refractivity contribution < 1.29 is 0 Å². The molecule has 2 rings (SSSR count). The molecule has 1 aliphatic carbocycles. The van der Waals surface area contributed by atoms with Gasteiger partial charge in [0.15, 0.2) is 0 Å². The first-order valence-corrected chi connectivity index (χ1v) is 5.62. The van der Waals surface area contributed by atoms with Gasteiger partial charge in [-0.25, -0.2) is 0 Å². The predicted molar refractivity (Wildman–Crippen MR) is 52.2 cm³/mol. The molecular weight excluding hydrogens is 146 g/mol. The van der Waals surface area contributed by atoms with E-state index in [9.17, 15) is 0 Å². The fraction of sp³-hybridized carbons (Fsp3) is 1.00. The van der Waals surface area contributed by atoms with Crippen molar-refractivity contribution >= 4 is 0 Å². The van der Waals surface area contributed by atoms with Gasteiger partial charge in [-0.2, -0.15) is 0 Å². The van der Waals surface area contributed by atoms with Crippen LogP contribution in [0.15, 0.2) is 0 Å². The zero-order valence-electron chi connectivity index (χ0n) is 8.26. The molecule has 2 aliphatic rings. The van der Waals surface area contributed by atoms with E-state index in [2.05, 4.69) is 11.8 Å². The van der Waals surface area contributed by atoms with E-state index in [4.69, 9.17) is 0 Å². The molecule has 0 radical (unpaired) electrons. The molecule has 70 valence electrons. The van der Waals surface area contributed by atoms with Crippen LogP contribution in [-0.2, 0) is 0 Å². The van der Waals surface area contributed by atoms with Gasteiger partial charge in [0.25, 0.3) is 0 Å². The van der Waals surface area contributed by atoms with Gasteiger partial charge in [0.1, 0.15) is 0 Å². The molecule has 0 bridgehead atoms. The fourth-order valence-corrected chi connectivity index (χ4v) is 2.91.